The van der Waals surface area contributed by atoms with E-state index in [1.165, 1.54) is 11.4 Å². The number of para-hydroxylation sites is 1. The molecule has 0 saturated heterocycles. The molecule has 0 atom stereocenters. The highest BCUT2D eigenvalue weighted by atomic mass is 35.5. The van der Waals surface area contributed by atoms with E-state index in [1.54, 1.807) is 38.4 Å². The Morgan fingerprint density at radius 2 is 1.94 bits per heavy atom. The van der Waals surface area contributed by atoms with E-state index in [0.717, 1.165) is 0 Å². The van der Waals surface area contributed by atoms with E-state index in [-0.39, 0.29) is 17.3 Å². The molecule has 7 heteroatoms. The summed E-state index contributed by atoms with van der Waals surface area (Å²) >= 11 is 0. The number of hydrogen-bond donors (Lipinski definition) is 1. The highest BCUT2D eigenvalue weighted by Gasteiger charge is 2.23. The molecule has 0 heterocycles. The molecule has 1 aromatic carbocycles. The standard InChI is InChI=1S/C11H18N2O3S.ClH/c1-12-8-9-13(2)17(14,15)11-7-5-4-6-10(11)16-3;/h4-7,12H,8-9H2,1-3H3;1H. The minimum Gasteiger partial charge on any atom is -0.495 e. The molecule has 0 amide bonds. The van der Waals surface area contributed by atoms with Gasteiger partial charge in [0, 0.05) is 20.1 Å². The van der Waals surface area contributed by atoms with Crippen LogP contribution in [0.25, 0.3) is 0 Å². The van der Waals surface area contributed by atoms with Gasteiger partial charge in [-0.2, -0.15) is 4.31 Å². The summed E-state index contributed by atoms with van der Waals surface area (Å²) in [5.74, 6) is 0.365. The SMILES string of the molecule is CNCCN(C)S(=O)(=O)c1ccccc1OC.Cl. The number of sulfonamides is 1. The summed E-state index contributed by atoms with van der Waals surface area (Å²) in [5.41, 5.74) is 0. The van der Waals surface area contributed by atoms with E-state index in [0.29, 0.717) is 18.8 Å². The largest absolute Gasteiger partial charge is 0.495 e. The lowest BCUT2D eigenvalue weighted by Gasteiger charge is -2.18. The summed E-state index contributed by atoms with van der Waals surface area (Å²) in [5, 5.41) is 2.91. The predicted molar refractivity (Wildman–Crippen MR) is 74.0 cm³/mol. The first-order chi connectivity index (χ1) is 8.04. The minimum atomic E-state index is -3.49. The molecule has 5 nitrogen and oxygen atoms in total. The molecule has 1 rings (SSSR count). The van der Waals surface area contributed by atoms with E-state index in [4.69, 9.17) is 4.74 Å². The van der Waals surface area contributed by atoms with Crippen molar-refractivity contribution < 1.29 is 13.2 Å². The number of ether oxygens (including phenoxy) is 1. The van der Waals surface area contributed by atoms with Gasteiger partial charge in [-0.15, -0.1) is 12.4 Å². The zero-order valence-electron chi connectivity index (χ0n) is 10.7. The first kappa shape index (κ1) is 17.2. The molecule has 0 radical (unpaired) electrons. The fraction of sp³-hybridized carbons (Fsp3) is 0.455. The summed E-state index contributed by atoms with van der Waals surface area (Å²) < 4.78 is 30.8. The van der Waals surface area contributed by atoms with Crippen LogP contribution in [0.3, 0.4) is 0 Å². The third-order valence-electron chi connectivity index (χ3n) is 2.43. The van der Waals surface area contributed by atoms with Crippen molar-refractivity contribution in [3.63, 3.8) is 0 Å². The maximum absolute atomic E-state index is 12.2. The Bertz CT molecular complexity index is 465. The fourth-order valence-corrected chi connectivity index (χ4v) is 2.71. The maximum atomic E-state index is 12.2. The quantitative estimate of drug-likeness (QED) is 0.849. The molecule has 0 spiro atoms. The van der Waals surface area contributed by atoms with Crippen LogP contribution in [0.15, 0.2) is 29.2 Å². The van der Waals surface area contributed by atoms with Gasteiger partial charge in [-0.25, -0.2) is 8.42 Å². The Hall–Kier alpha value is -0.820. The van der Waals surface area contributed by atoms with Crippen LogP contribution in [-0.2, 0) is 10.0 Å². The Kier molecular flexibility index (Phi) is 7.23. The van der Waals surface area contributed by atoms with Crippen molar-refractivity contribution in [1.29, 1.82) is 0 Å². The molecule has 1 N–H and O–H groups in total. The molecule has 0 fully saturated rings. The first-order valence-electron chi connectivity index (χ1n) is 5.28. The van der Waals surface area contributed by atoms with Gasteiger partial charge in [-0.05, 0) is 19.2 Å². The Labute approximate surface area is 115 Å². The molecule has 0 aliphatic carbocycles. The molecule has 0 bridgehead atoms. The molecular weight excluding hydrogens is 276 g/mol. The molecular formula is C11H19ClN2O3S. The van der Waals surface area contributed by atoms with E-state index < -0.39 is 10.0 Å². The number of nitrogens with one attached hydrogen (secondary N) is 1. The number of benzene rings is 1. The molecule has 0 aliphatic heterocycles. The van der Waals surface area contributed by atoms with Crippen molar-refractivity contribution in [1.82, 2.24) is 9.62 Å². The summed E-state index contributed by atoms with van der Waals surface area (Å²) in [7, 11) is 1.31. The zero-order chi connectivity index (χ0) is 12.9. The van der Waals surface area contributed by atoms with Crippen LogP contribution in [0.4, 0.5) is 0 Å². The highest BCUT2D eigenvalue weighted by Crippen LogP contribution is 2.25. The summed E-state index contributed by atoms with van der Waals surface area (Å²) in [6.07, 6.45) is 0. The van der Waals surface area contributed by atoms with E-state index in [1.807, 2.05) is 0 Å². The topological polar surface area (TPSA) is 58.6 Å². The van der Waals surface area contributed by atoms with Crippen molar-refractivity contribution in [2.75, 3.05) is 34.3 Å². The van der Waals surface area contributed by atoms with Crippen LogP contribution < -0.4 is 10.1 Å². The van der Waals surface area contributed by atoms with Crippen LogP contribution in [0, 0.1) is 0 Å². The van der Waals surface area contributed by atoms with Crippen molar-refractivity contribution in [2.45, 2.75) is 4.90 Å². The molecule has 0 unspecified atom stereocenters. The normalized spacial score (nSPS) is 11.1. The summed E-state index contributed by atoms with van der Waals surface area (Å²) in [4.78, 5) is 0.195. The van der Waals surface area contributed by atoms with Gasteiger partial charge in [0.2, 0.25) is 10.0 Å². The van der Waals surface area contributed by atoms with Crippen molar-refractivity contribution in [3.05, 3.63) is 24.3 Å². The Morgan fingerprint density at radius 1 is 1.33 bits per heavy atom. The van der Waals surface area contributed by atoms with Gasteiger partial charge in [-0.3, -0.25) is 0 Å². The fourth-order valence-electron chi connectivity index (χ4n) is 1.39. The van der Waals surface area contributed by atoms with Crippen LogP contribution in [0.2, 0.25) is 0 Å². The lowest BCUT2D eigenvalue weighted by atomic mass is 10.3. The van der Waals surface area contributed by atoms with E-state index in [9.17, 15) is 8.42 Å². The van der Waals surface area contributed by atoms with Crippen LogP contribution >= 0.6 is 12.4 Å². The average Bonchev–Trinajstić information content (AvgIpc) is 2.35. The van der Waals surface area contributed by atoms with Gasteiger partial charge in [-0.1, -0.05) is 12.1 Å². The zero-order valence-corrected chi connectivity index (χ0v) is 12.3. The minimum absolute atomic E-state index is 0. The van der Waals surface area contributed by atoms with Crippen molar-refractivity contribution >= 4 is 22.4 Å². The number of rotatable bonds is 6. The van der Waals surface area contributed by atoms with Gasteiger partial charge < -0.3 is 10.1 Å². The van der Waals surface area contributed by atoms with Crippen LogP contribution in [0.1, 0.15) is 0 Å². The van der Waals surface area contributed by atoms with E-state index >= 15 is 0 Å². The van der Waals surface area contributed by atoms with Crippen molar-refractivity contribution in [3.8, 4) is 5.75 Å². The molecule has 1 aromatic rings. The Morgan fingerprint density at radius 3 is 2.50 bits per heavy atom. The molecule has 104 valence electrons. The second kappa shape index (κ2) is 7.58. The average molecular weight is 295 g/mol. The van der Waals surface area contributed by atoms with Crippen LogP contribution in [0.5, 0.6) is 5.75 Å². The highest BCUT2D eigenvalue weighted by molar-refractivity contribution is 7.89. The van der Waals surface area contributed by atoms with Gasteiger partial charge in [0.15, 0.2) is 0 Å². The monoisotopic (exact) mass is 294 g/mol. The molecule has 0 aliphatic rings. The lowest BCUT2D eigenvalue weighted by molar-refractivity contribution is 0.398. The maximum Gasteiger partial charge on any atom is 0.246 e. The number of hydrogen-bond acceptors (Lipinski definition) is 4. The van der Waals surface area contributed by atoms with Gasteiger partial charge in [0.25, 0.3) is 0 Å². The number of likely N-dealkylation sites (N-methyl/N-ethyl adjacent to an activating group) is 2. The number of nitrogens with zero attached hydrogens (tertiary/aromatic N) is 1. The Balaban J connectivity index is 0.00000289. The number of methoxy groups -OCH3 is 1. The van der Waals surface area contributed by atoms with Crippen molar-refractivity contribution in [2.24, 2.45) is 0 Å². The predicted octanol–water partition coefficient (Wildman–Crippen LogP) is 0.957. The molecule has 0 saturated carbocycles. The third kappa shape index (κ3) is 3.84. The third-order valence-corrected chi connectivity index (χ3v) is 4.33. The lowest BCUT2D eigenvalue weighted by Crippen LogP contribution is -2.33. The van der Waals surface area contributed by atoms with E-state index in [2.05, 4.69) is 5.32 Å². The second-order valence-corrected chi connectivity index (χ2v) is 5.59. The molecule has 0 aromatic heterocycles. The van der Waals surface area contributed by atoms with Gasteiger partial charge >= 0.3 is 0 Å². The number of halogens is 1. The first-order valence-corrected chi connectivity index (χ1v) is 6.72. The second-order valence-electron chi connectivity index (χ2n) is 3.58. The summed E-state index contributed by atoms with van der Waals surface area (Å²) in [6.45, 7) is 1.02. The van der Waals surface area contributed by atoms with Gasteiger partial charge in [0.1, 0.15) is 10.6 Å². The van der Waals surface area contributed by atoms with Gasteiger partial charge in [0.05, 0.1) is 7.11 Å². The van der Waals surface area contributed by atoms with Crippen LogP contribution in [-0.4, -0.2) is 47.0 Å². The molecule has 18 heavy (non-hydrogen) atoms. The summed E-state index contributed by atoms with van der Waals surface area (Å²) in [6, 6.07) is 6.61. The smallest absolute Gasteiger partial charge is 0.246 e.